The Labute approximate surface area is 170 Å². The average Bonchev–Trinajstić information content (AvgIpc) is 3.37. The summed E-state index contributed by atoms with van der Waals surface area (Å²) in [5.41, 5.74) is 0.996. The number of carbonyl (C=O) groups excluding carboxylic acids is 1. The number of nitrogens with one attached hydrogen (secondary N) is 1. The van der Waals surface area contributed by atoms with Crippen molar-refractivity contribution in [3.63, 3.8) is 0 Å². The summed E-state index contributed by atoms with van der Waals surface area (Å²) in [4.78, 5) is 18.7. The lowest BCUT2D eigenvalue weighted by molar-refractivity contribution is -0.120. The predicted octanol–water partition coefficient (Wildman–Crippen LogP) is 4.42. The first kappa shape index (κ1) is 18.3. The first-order valence-corrected chi connectivity index (χ1v) is 9.69. The van der Waals surface area contributed by atoms with Crippen molar-refractivity contribution in [3.05, 3.63) is 52.8 Å². The predicted molar refractivity (Wildman–Crippen MR) is 107 cm³/mol. The van der Waals surface area contributed by atoms with E-state index in [1.54, 1.807) is 12.1 Å². The molecule has 1 aliphatic heterocycles. The molecule has 1 saturated heterocycles. The number of nitrogens with zero attached hydrogens (tertiary/aromatic N) is 3. The van der Waals surface area contributed by atoms with E-state index in [4.69, 9.17) is 8.83 Å². The molecule has 0 bridgehead atoms. The van der Waals surface area contributed by atoms with Crippen LogP contribution in [0, 0.1) is 17.2 Å². The number of halogens is 1. The molecule has 142 valence electrons. The number of benzene rings is 1. The van der Waals surface area contributed by atoms with E-state index in [0.29, 0.717) is 37.6 Å². The molecule has 7 nitrogen and oxygen atoms in total. The Morgan fingerprint density at radius 3 is 2.79 bits per heavy atom. The van der Waals surface area contributed by atoms with Gasteiger partial charge < -0.3 is 19.1 Å². The lowest BCUT2D eigenvalue weighted by Crippen LogP contribution is -2.38. The number of piperidine rings is 1. The fraction of sp³-hybridized carbons (Fsp3) is 0.250. The highest BCUT2D eigenvalue weighted by molar-refractivity contribution is 9.10. The fourth-order valence-corrected chi connectivity index (χ4v) is 3.66. The minimum atomic E-state index is -0.0896. The summed E-state index contributed by atoms with van der Waals surface area (Å²) in [5, 5.41) is 12.4. The molecule has 0 saturated carbocycles. The molecule has 1 aromatic carbocycles. The quantitative estimate of drug-likeness (QED) is 0.644. The van der Waals surface area contributed by atoms with E-state index in [2.05, 4.69) is 32.3 Å². The Hall–Kier alpha value is -3.05. The molecule has 0 aliphatic carbocycles. The first-order chi connectivity index (χ1) is 13.6. The number of hydrogen-bond acceptors (Lipinski definition) is 6. The Morgan fingerprint density at radius 2 is 2.11 bits per heavy atom. The van der Waals surface area contributed by atoms with Crippen LogP contribution in [0.15, 0.2) is 56.0 Å². The van der Waals surface area contributed by atoms with Gasteiger partial charge in [-0.3, -0.25) is 4.79 Å². The number of oxazole rings is 1. The van der Waals surface area contributed by atoms with Gasteiger partial charge in [0.15, 0.2) is 5.76 Å². The lowest BCUT2D eigenvalue weighted by atomic mass is 9.96. The van der Waals surface area contributed by atoms with Crippen LogP contribution in [0.5, 0.6) is 0 Å². The summed E-state index contributed by atoms with van der Waals surface area (Å²) >= 11 is 3.40. The van der Waals surface area contributed by atoms with E-state index >= 15 is 0 Å². The number of rotatable bonds is 4. The fourth-order valence-electron chi connectivity index (χ4n) is 3.26. The molecule has 0 spiro atoms. The molecular weight excluding hydrogens is 424 g/mol. The molecule has 0 radical (unpaired) electrons. The molecule has 0 atom stereocenters. The van der Waals surface area contributed by atoms with Gasteiger partial charge in [-0.05, 0) is 43.2 Å². The highest BCUT2D eigenvalue weighted by Gasteiger charge is 2.29. The summed E-state index contributed by atoms with van der Waals surface area (Å²) in [6.45, 7) is 1.22. The monoisotopic (exact) mass is 440 g/mol. The second kappa shape index (κ2) is 7.90. The molecule has 8 heteroatoms. The highest BCUT2D eigenvalue weighted by Crippen LogP contribution is 2.31. The highest BCUT2D eigenvalue weighted by atomic mass is 79.9. The summed E-state index contributed by atoms with van der Waals surface area (Å²) < 4.78 is 12.0. The first-order valence-electron chi connectivity index (χ1n) is 8.90. The van der Waals surface area contributed by atoms with Crippen molar-refractivity contribution < 1.29 is 13.6 Å². The molecule has 1 amide bonds. The topological polar surface area (TPSA) is 95.3 Å². The van der Waals surface area contributed by atoms with Gasteiger partial charge in [0.05, 0.1) is 6.26 Å². The van der Waals surface area contributed by atoms with Gasteiger partial charge in [-0.25, -0.2) is 0 Å². The van der Waals surface area contributed by atoms with E-state index in [1.165, 1.54) is 6.26 Å². The van der Waals surface area contributed by atoms with Crippen molar-refractivity contribution in [2.24, 2.45) is 5.92 Å². The van der Waals surface area contributed by atoms with Crippen molar-refractivity contribution in [1.82, 2.24) is 4.98 Å². The van der Waals surface area contributed by atoms with Crippen LogP contribution in [0.25, 0.3) is 11.7 Å². The van der Waals surface area contributed by atoms with E-state index < -0.39 is 0 Å². The molecular formula is C20H17BrN4O3. The van der Waals surface area contributed by atoms with E-state index in [9.17, 15) is 10.1 Å². The van der Waals surface area contributed by atoms with Crippen molar-refractivity contribution in [2.45, 2.75) is 12.8 Å². The van der Waals surface area contributed by atoms with E-state index in [0.717, 1.165) is 10.2 Å². The maximum atomic E-state index is 12.6. The van der Waals surface area contributed by atoms with Crippen LogP contribution in [0.3, 0.4) is 0 Å². The number of hydrogen-bond donors (Lipinski definition) is 1. The van der Waals surface area contributed by atoms with Crippen LogP contribution in [0.1, 0.15) is 18.5 Å². The van der Waals surface area contributed by atoms with Gasteiger partial charge in [0.25, 0.3) is 5.89 Å². The van der Waals surface area contributed by atoms with Crippen LogP contribution in [-0.4, -0.2) is 24.0 Å². The zero-order chi connectivity index (χ0) is 19.5. The number of amides is 1. The zero-order valence-electron chi connectivity index (χ0n) is 14.9. The summed E-state index contributed by atoms with van der Waals surface area (Å²) in [5.74, 6) is 1.11. The number of aromatic nitrogens is 1. The number of furan rings is 1. The molecule has 3 aromatic rings. The van der Waals surface area contributed by atoms with E-state index in [1.807, 2.05) is 29.2 Å². The molecule has 28 heavy (non-hydrogen) atoms. The zero-order valence-corrected chi connectivity index (χ0v) is 16.5. The molecule has 1 aliphatic rings. The Balaban J connectivity index is 1.41. The Morgan fingerprint density at radius 1 is 1.29 bits per heavy atom. The summed E-state index contributed by atoms with van der Waals surface area (Å²) in [6.07, 6.45) is 2.86. The van der Waals surface area contributed by atoms with Crippen LogP contribution in [0.4, 0.5) is 11.6 Å². The number of nitriles is 1. The van der Waals surface area contributed by atoms with Crippen LogP contribution >= 0.6 is 15.9 Å². The van der Waals surface area contributed by atoms with Gasteiger partial charge in [-0.1, -0.05) is 22.0 Å². The largest absolute Gasteiger partial charge is 0.459 e. The Bertz CT molecular complexity index is 1010. The molecule has 0 unspecified atom stereocenters. The minimum Gasteiger partial charge on any atom is -0.459 e. The average molecular weight is 441 g/mol. The van der Waals surface area contributed by atoms with Crippen LogP contribution < -0.4 is 10.2 Å². The van der Waals surface area contributed by atoms with Crippen molar-refractivity contribution >= 4 is 33.4 Å². The van der Waals surface area contributed by atoms with Crippen LogP contribution in [-0.2, 0) is 4.79 Å². The maximum absolute atomic E-state index is 12.6. The van der Waals surface area contributed by atoms with Crippen molar-refractivity contribution in [3.8, 4) is 17.7 Å². The van der Waals surface area contributed by atoms with Gasteiger partial charge >= 0.3 is 0 Å². The molecule has 4 rings (SSSR count). The molecule has 3 heterocycles. The molecule has 2 aromatic heterocycles. The number of carbonyl (C=O) groups is 1. The van der Waals surface area contributed by atoms with E-state index in [-0.39, 0.29) is 23.4 Å². The second-order valence-corrected chi connectivity index (χ2v) is 7.44. The van der Waals surface area contributed by atoms with Crippen molar-refractivity contribution in [1.29, 1.82) is 5.26 Å². The van der Waals surface area contributed by atoms with Gasteiger partial charge in [0.2, 0.25) is 17.5 Å². The third-order valence-electron chi connectivity index (χ3n) is 4.69. The summed E-state index contributed by atoms with van der Waals surface area (Å²) in [6, 6.07) is 13.1. The van der Waals surface area contributed by atoms with Gasteiger partial charge in [0, 0.05) is 29.2 Å². The third-order valence-corrected chi connectivity index (χ3v) is 5.19. The smallest absolute Gasteiger partial charge is 0.266 e. The van der Waals surface area contributed by atoms with Gasteiger partial charge in [0.1, 0.15) is 6.07 Å². The number of anilines is 2. The Kier molecular flexibility index (Phi) is 5.17. The second-order valence-electron chi connectivity index (χ2n) is 6.52. The third kappa shape index (κ3) is 3.80. The normalized spacial score (nSPS) is 14.6. The maximum Gasteiger partial charge on any atom is 0.266 e. The summed E-state index contributed by atoms with van der Waals surface area (Å²) in [7, 11) is 0. The lowest BCUT2D eigenvalue weighted by Gasteiger charge is -2.30. The van der Waals surface area contributed by atoms with Crippen molar-refractivity contribution in [2.75, 3.05) is 23.3 Å². The molecule has 1 fully saturated rings. The SMILES string of the molecule is N#Cc1nc(-c2ccco2)oc1N1CCC(C(=O)Nc2cccc(Br)c2)CC1. The van der Waals surface area contributed by atoms with Gasteiger partial charge in [-0.2, -0.15) is 10.2 Å². The van der Waals surface area contributed by atoms with Crippen LogP contribution in [0.2, 0.25) is 0 Å². The standard InChI is InChI=1S/C20H17BrN4O3/c21-14-3-1-4-15(11-14)23-18(26)13-6-8-25(9-7-13)20-16(12-22)24-19(28-20)17-5-2-10-27-17/h1-5,10-11,13H,6-9H2,(H,23,26). The van der Waals surface area contributed by atoms with Gasteiger partial charge in [-0.15, -0.1) is 0 Å². The minimum absolute atomic E-state index is 0.00658. The molecule has 1 N–H and O–H groups in total.